The van der Waals surface area contributed by atoms with E-state index in [1.54, 1.807) is 58.7 Å². The van der Waals surface area contributed by atoms with Crippen LogP contribution >= 0.6 is 11.3 Å². The maximum atomic E-state index is 13.3. The minimum absolute atomic E-state index is 0.0641. The van der Waals surface area contributed by atoms with Crippen LogP contribution in [0, 0.1) is 12.7 Å². The van der Waals surface area contributed by atoms with E-state index < -0.39 is 0 Å². The molecule has 6 heteroatoms. The van der Waals surface area contributed by atoms with E-state index in [0.717, 1.165) is 16.0 Å². The molecule has 0 aliphatic heterocycles. The van der Waals surface area contributed by atoms with Crippen LogP contribution in [0.3, 0.4) is 0 Å². The van der Waals surface area contributed by atoms with Crippen LogP contribution in [0.25, 0.3) is 0 Å². The number of hydrogen-bond donors (Lipinski definition) is 0. The molecule has 31 heavy (non-hydrogen) atoms. The zero-order valence-electron chi connectivity index (χ0n) is 17.5. The van der Waals surface area contributed by atoms with E-state index in [1.165, 1.54) is 17.0 Å². The zero-order valence-corrected chi connectivity index (χ0v) is 18.3. The summed E-state index contributed by atoms with van der Waals surface area (Å²) in [6.45, 7) is 6.70. The first-order valence-electron chi connectivity index (χ1n) is 9.98. The third kappa shape index (κ3) is 6.12. The molecule has 0 fully saturated rings. The molecule has 0 spiro atoms. The van der Waals surface area contributed by atoms with Gasteiger partial charge < -0.3 is 9.80 Å². The number of nitrogens with zero attached hydrogens (tertiary/aromatic N) is 2. The van der Waals surface area contributed by atoms with E-state index in [2.05, 4.69) is 6.58 Å². The van der Waals surface area contributed by atoms with Gasteiger partial charge in [0.1, 0.15) is 12.4 Å². The van der Waals surface area contributed by atoms with Crippen LogP contribution in [0.15, 0.2) is 78.7 Å². The second kappa shape index (κ2) is 10.7. The van der Waals surface area contributed by atoms with E-state index in [9.17, 15) is 14.0 Å². The van der Waals surface area contributed by atoms with Crippen LogP contribution in [0.5, 0.6) is 0 Å². The Morgan fingerprint density at radius 3 is 2.32 bits per heavy atom. The lowest BCUT2D eigenvalue weighted by atomic mass is 10.1. The smallest absolute Gasteiger partial charge is 0.254 e. The van der Waals surface area contributed by atoms with Gasteiger partial charge in [-0.3, -0.25) is 9.59 Å². The van der Waals surface area contributed by atoms with Crippen molar-refractivity contribution in [3.8, 4) is 0 Å². The van der Waals surface area contributed by atoms with Gasteiger partial charge in [-0.25, -0.2) is 4.39 Å². The molecule has 160 valence electrons. The highest BCUT2D eigenvalue weighted by Gasteiger charge is 2.22. The van der Waals surface area contributed by atoms with Gasteiger partial charge in [0.2, 0.25) is 5.91 Å². The van der Waals surface area contributed by atoms with E-state index in [-0.39, 0.29) is 30.7 Å². The van der Waals surface area contributed by atoms with Crippen molar-refractivity contribution >= 4 is 23.2 Å². The molecule has 2 amide bonds. The SMILES string of the molecule is C=CCN(CC(=O)N(Cc1ccc(F)cc1)Cc1sccc1C)C(=O)c1ccccc1. The topological polar surface area (TPSA) is 40.6 Å². The van der Waals surface area contributed by atoms with E-state index in [1.807, 2.05) is 24.4 Å². The molecular formula is C25H25FN2O2S. The Kier molecular flexibility index (Phi) is 7.73. The summed E-state index contributed by atoms with van der Waals surface area (Å²) >= 11 is 1.59. The number of hydrogen-bond acceptors (Lipinski definition) is 3. The Bertz CT molecular complexity index is 1030. The molecule has 0 N–H and O–H groups in total. The maximum Gasteiger partial charge on any atom is 0.254 e. The van der Waals surface area contributed by atoms with Crippen LogP contribution in [0.4, 0.5) is 4.39 Å². The molecule has 1 aromatic heterocycles. The van der Waals surface area contributed by atoms with Crippen LogP contribution < -0.4 is 0 Å². The summed E-state index contributed by atoms with van der Waals surface area (Å²) in [6.07, 6.45) is 1.61. The fourth-order valence-corrected chi connectivity index (χ4v) is 4.10. The fourth-order valence-electron chi connectivity index (χ4n) is 3.18. The normalized spacial score (nSPS) is 10.5. The predicted octanol–water partition coefficient (Wildman–Crippen LogP) is 5.05. The van der Waals surface area contributed by atoms with Gasteiger partial charge in [0.25, 0.3) is 5.91 Å². The highest BCUT2D eigenvalue weighted by molar-refractivity contribution is 7.10. The molecule has 3 rings (SSSR count). The lowest BCUT2D eigenvalue weighted by molar-refractivity contribution is -0.133. The van der Waals surface area contributed by atoms with Gasteiger partial charge in [0, 0.05) is 23.5 Å². The van der Waals surface area contributed by atoms with Crippen molar-refractivity contribution in [1.29, 1.82) is 0 Å². The van der Waals surface area contributed by atoms with E-state index in [0.29, 0.717) is 18.7 Å². The predicted molar refractivity (Wildman–Crippen MR) is 122 cm³/mol. The minimum Gasteiger partial charge on any atom is -0.332 e. The molecule has 0 saturated heterocycles. The number of rotatable bonds is 9. The van der Waals surface area contributed by atoms with Crippen LogP contribution in [0.2, 0.25) is 0 Å². The fraction of sp³-hybridized carbons (Fsp3) is 0.200. The minimum atomic E-state index is -0.318. The van der Waals surface area contributed by atoms with Crippen molar-refractivity contribution in [2.45, 2.75) is 20.0 Å². The van der Waals surface area contributed by atoms with Crippen molar-refractivity contribution in [3.63, 3.8) is 0 Å². The Hall–Kier alpha value is -3.25. The van der Waals surface area contributed by atoms with Gasteiger partial charge in [-0.05, 0) is 53.8 Å². The van der Waals surface area contributed by atoms with Crippen LogP contribution in [0.1, 0.15) is 26.4 Å². The van der Waals surface area contributed by atoms with Gasteiger partial charge in [-0.1, -0.05) is 36.4 Å². The quantitative estimate of drug-likeness (QED) is 0.440. The third-order valence-corrected chi connectivity index (χ3v) is 5.93. The van der Waals surface area contributed by atoms with Crippen molar-refractivity contribution in [1.82, 2.24) is 9.80 Å². The third-order valence-electron chi connectivity index (χ3n) is 4.93. The summed E-state index contributed by atoms with van der Waals surface area (Å²) in [4.78, 5) is 30.5. The van der Waals surface area contributed by atoms with Crippen LogP contribution in [-0.2, 0) is 17.9 Å². The number of amides is 2. The molecule has 0 radical (unpaired) electrons. The molecule has 0 aliphatic rings. The molecule has 1 heterocycles. The number of thiophene rings is 1. The van der Waals surface area contributed by atoms with Crippen molar-refractivity contribution in [3.05, 3.63) is 106 Å². The largest absolute Gasteiger partial charge is 0.332 e. The number of halogens is 1. The van der Waals surface area contributed by atoms with Gasteiger partial charge in [0.15, 0.2) is 0 Å². The van der Waals surface area contributed by atoms with Gasteiger partial charge in [-0.15, -0.1) is 17.9 Å². The molecule has 2 aromatic carbocycles. The molecule has 3 aromatic rings. The Balaban J connectivity index is 1.81. The molecule has 0 saturated carbocycles. The van der Waals surface area contributed by atoms with Crippen molar-refractivity contribution in [2.75, 3.05) is 13.1 Å². The number of carbonyl (C=O) groups is 2. The highest BCUT2D eigenvalue weighted by Crippen LogP contribution is 2.20. The zero-order chi connectivity index (χ0) is 22.2. The molecule has 0 unspecified atom stereocenters. The molecule has 0 bridgehead atoms. The van der Waals surface area contributed by atoms with Gasteiger partial charge in [0.05, 0.1) is 6.54 Å². The highest BCUT2D eigenvalue weighted by atomic mass is 32.1. The number of benzene rings is 2. The average Bonchev–Trinajstić information content (AvgIpc) is 3.19. The van der Waals surface area contributed by atoms with Crippen molar-refractivity contribution in [2.24, 2.45) is 0 Å². The monoisotopic (exact) mass is 436 g/mol. The second-order valence-corrected chi connectivity index (χ2v) is 8.24. The Morgan fingerprint density at radius 2 is 1.71 bits per heavy atom. The summed E-state index contributed by atoms with van der Waals surface area (Å²) in [6, 6.07) is 17.0. The number of carbonyl (C=O) groups excluding carboxylic acids is 2. The molecular weight excluding hydrogens is 411 g/mol. The molecule has 4 nitrogen and oxygen atoms in total. The average molecular weight is 437 g/mol. The summed E-state index contributed by atoms with van der Waals surface area (Å²) < 4.78 is 13.3. The molecule has 0 atom stereocenters. The second-order valence-electron chi connectivity index (χ2n) is 7.24. The maximum absolute atomic E-state index is 13.3. The van der Waals surface area contributed by atoms with Gasteiger partial charge in [-0.2, -0.15) is 0 Å². The lowest BCUT2D eigenvalue weighted by Gasteiger charge is -2.27. The summed E-state index contributed by atoms with van der Waals surface area (Å²) in [5.41, 5.74) is 2.47. The van der Waals surface area contributed by atoms with Crippen LogP contribution in [-0.4, -0.2) is 34.7 Å². The standard InChI is InChI=1S/C25H25FN2O2S/c1-3-14-27(25(30)21-7-5-4-6-8-21)18-24(29)28(17-23-19(2)13-15-31-23)16-20-9-11-22(26)12-10-20/h3-13,15H,1,14,16-18H2,2H3. The molecule has 0 aliphatic carbocycles. The first-order valence-corrected chi connectivity index (χ1v) is 10.9. The number of aryl methyl sites for hydroxylation is 1. The first kappa shape index (κ1) is 22.4. The lowest BCUT2D eigenvalue weighted by Crippen LogP contribution is -2.42. The van der Waals surface area contributed by atoms with E-state index >= 15 is 0 Å². The Labute approximate surface area is 186 Å². The summed E-state index contributed by atoms with van der Waals surface area (Å²) in [5, 5.41) is 1.99. The van der Waals surface area contributed by atoms with Gasteiger partial charge >= 0.3 is 0 Å². The first-order chi connectivity index (χ1) is 15.0. The summed E-state index contributed by atoms with van der Waals surface area (Å²) in [7, 11) is 0. The Morgan fingerprint density at radius 1 is 1.00 bits per heavy atom. The summed E-state index contributed by atoms with van der Waals surface area (Å²) in [5.74, 6) is -0.715. The van der Waals surface area contributed by atoms with Crippen molar-refractivity contribution < 1.29 is 14.0 Å². The van der Waals surface area contributed by atoms with E-state index in [4.69, 9.17) is 0 Å².